The molecule has 22 heavy (non-hydrogen) atoms. The van der Waals surface area contributed by atoms with Crippen LogP contribution in [0.2, 0.25) is 0 Å². The van der Waals surface area contributed by atoms with Crippen LogP contribution >= 0.6 is 0 Å². The van der Waals surface area contributed by atoms with E-state index in [1.54, 1.807) is 13.3 Å². The number of rotatable bonds is 3. The van der Waals surface area contributed by atoms with Crippen molar-refractivity contribution < 1.29 is 4.74 Å². The van der Waals surface area contributed by atoms with Crippen molar-refractivity contribution in [1.29, 1.82) is 0 Å². The molecule has 0 fully saturated rings. The Hall–Kier alpha value is -2.62. The quantitative estimate of drug-likeness (QED) is 0.740. The number of hydrogen-bond acceptors (Lipinski definition) is 3. The molecular weight excluding hydrogens is 276 g/mol. The van der Waals surface area contributed by atoms with Gasteiger partial charge in [0.25, 0.3) is 5.56 Å². The summed E-state index contributed by atoms with van der Waals surface area (Å²) in [5.41, 5.74) is 1.30. The molecule has 0 N–H and O–H groups in total. The molecule has 3 rings (SSSR count). The second-order valence-corrected chi connectivity index (χ2v) is 5.46. The highest BCUT2D eigenvalue weighted by Crippen LogP contribution is 2.32. The van der Waals surface area contributed by atoms with Gasteiger partial charge in [-0.2, -0.15) is 5.10 Å². The first-order chi connectivity index (χ1) is 10.6. The Balaban J connectivity index is 2.39. The largest absolute Gasteiger partial charge is 0.494 e. The molecule has 0 atom stereocenters. The molecule has 0 aliphatic carbocycles. The predicted octanol–water partition coefficient (Wildman–Crippen LogP) is 3.65. The van der Waals surface area contributed by atoms with Crippen LogP contribution in [0.15, 0.2) is 53.5 Å². The third-order valence-corrected chi connectivity index (χ3v) is 3.74. The summed E-state index contributed by atoms with van der Waals surface area (Å²) in [6.45, 7) is 3.88. The zero-order chi connectivity index (χ0) is 15.7. The lowest BCUT2D eigenvalue weighted by Gasteiger charge is -2.14. The molecule has 1 heterocycles. The summed E-state index contributed by atoms with van der Waals surface area (Å²) in [5.74, 6) is 0.498. The molecule has 0 spiro atoms. The fourth-order valence-corrected chi connectivity index (χ4v) is 2.67. The Morgan fingerprint density at radius 3 is 2.55 bits per heavy atom. The average Bonchev–Trinajstić information content (AvgIpc) is 2.53. The van der Waals surface area contributed by atoms with Crippen molar-refractivity contribution in [3.05, 3.63) is 59.0 Å². The third-order valence-electron chi connectivity index (χ3n) is 3.74. The molecule has 0 aliphatic heterocycles. The number of fused-ring (bicyclic) bond motifs is 1. The molecule has 4 heteroatoms. The van der Waals surface area contributed by atoms with Gasteiger partial charge in [0.15, 0.2) is 5.75 Å². The van der Waals surface area contributed by atoms with Crippen LogP contribution in [-0.4, -0.2) is 16.9 Å². The van der Waals surface area contributed by atoms with E-state index in [4.69, 9.17) is 4.74 Å². The van der Waals surface area contributed by atoms with E-state index in [9.17, 15) is 4.79 Å². The van der Waals surface area contributed by atoms with E-state index in [0.717, 1.165) is 16.3 Å². The van der Waals surface area contributed by atoms with Gasteiger partial charge in [-0.15, -0.1) is 0 Å². The van der Waals surface area contributed by atoms with E-state index in [0.29, 0.717) is 11.3 Å². The van der Waals surface area contributed by atoms with Crippen LogP contribution in [0, 0.1) is 0 Å². The standard InChI is InChI=1S/C18H18N2O2/c1-12(2)20-18(21)17(16(22-3)11-19-20)15-10-6-8-13-7-4-5-9-14(13)15/h4-12H,1-3H3. The molecule has 0 radical (unpaired) electrons. The van der Waals surface area contributed by atoms with Crippen LogP contribution < -0.4 is 10.3 Å². The summed E-state index contributed by atoms with van der Waals surface area (Å²) in [6.07, 6.45) is 1.61. The number of nitrogens with zero attached hydrogens (tertiary/aromatic N) is 2. The number of benzene rings is 2. The smallest absolute Gasteiger partial charge is 0.278 e. The lowest BCUT2D eigenvalue weighted by Crippen LogP contribution is -2.26. The van der Waals surface area contributed by atoms with Gasteiger partial charge in [-0.25, -0.2) is 4.68 Å². The molecule has 1 aromatic heterocycles. The number of methoxy groups -OCH3 is 1. The van der Waals surface area contributed by atoms with Gasteiger partial charge in [0.1, 0.15) is 0 Å². The second kappa shape index (κ2) is 5.64. The molecule has 0 saturated heterocycles. The van der Waals surface area contributed by atoms with Crippen LogP contribution in [0.3, 0.4) is 0 Å². The maximum Gasteiger partial charge on any atom is 0.278 e. The van der Waals surface area contributed by atoms with Gasteiger partial charge in [-0.1, -0.05) is 42.5 Å². The molecule has 3 aromatic rings. The monoisotopic (exact) mass is 294 g/mol. The van der Waals surface area contributed by atoms with Crippen LogP contribution in [0.5, 0.6) is 5.75 Å². The summed E-state index contributed by atoms with van der Waals surface area (Å²) in [6, 6.07) is 13.9. The van der Waals surface area contributed by atoms with Crippen LogP contribution in [0.4, 0.5) is 0 Å². The van der Waals surface area contributed by atoms with Gasteiger partial charge in [-0.05, 0) is 30.2 Å². The highest BCUT2D eigenvalue weighted by Gasteiger charge is 2.17. The Bertz CT molecular complexity index is 876. The van der Waals surface area contributed by atoms with E-state index in [2.05, 4.69) is 5.10 Å². The normalized spacial score (nSPS) is 11.1. The van der Waals surface area contributed by atoms with Crippen LogP contribution in [-0.2, 0) is 0 Å². The predicted molar refractivity (Wildman–Crippen MR) is 88.4 cm³/mol. The maximum absolute atomic E-state index is 12.9. The maximum atomic E-state index is 12.9. The summed E-state index contributed by atoms with van der Waals surface area (Å²) < 4.78 is 6.87. The number of aromatic nitrogens is 2. The minimum Gasteiger partial charge on any atom is -0.494 e. The van der Waals surface area contributed by atoms with Crippen LogP contribution in [0.25, 0.3) is 21.9 Å². The van der Waals surface area contributed by atoms with Crippen molar-refractivity contribution >= 4 is 10.8 Å². The first-order valence-corrected chi connectivity index (χ1v) is 7.27. The zero-order valence-corrected chi connectivity index (χ0v) is 12.9. The van der Waals surface area contributed by atoms with Crippen molar-refractivity contribution in [2.45, 2.75) is 19.9 Å². The topological polar surface area (TPSA) is 44.1 Å². The number of ether oxygens (including phenoxy) is 1. The van der Waals surface area contributed by atoms with Crippen molar-refractivity contribution in [2.24, 2.45) is 0 Å². The fraction of sp³-hybridized carbons (Fsp3) is 0.222. The highest BCUT2D eigenvalue weighted by atomic mass is 16.5. The van der Waals surface area contributed by atoms with Crippen LogP contribution in [0.1, 0.15) is 19.9 Å². The lowest BCUT2D eigenvalue weighted by molar-refractivity contribution is 0.404. The van der Waals surface area contributed by atoms with Gasteiger partial charge in [0.05, 0.1) is 24.9 Å². The average molecular weight is 294 g/mol. The van der Waals surface area contributed by atoms with E-state index < -0.39 is 0 Å². The Morgan fingerprint density at radius 1 is 1.09 bits per heavy atom. The molecular formula is C18H18N2O2. The SMILES string of the molecule is COc1cnn(C(C)C)c(=O)c1-c1cccc2ccccc12. The van der Waals surface area contributed by atoms with E-state index >= 15 is 0 Å². The molecule has 2 aromatic carbocycles. The molecule has 0 amide bonds. The second-order valence-electron chi connectivity index (χ2n) is 5.46. The Kier molecular flexibility index (Phi) is 3.67. The minimum atomic E-state index is -0.134. The minimum absolute atomic E-state index is 0.00728. The summed E-state index contributed by atoms with van der Waals surface area (Å²) in [7, 11) is 1.56. The van der Waals surface area contributed by atoms with Gasteiger partial charge in [0, 0.05) is 0 Å². The summed E-state index contributed by atoms with van der Waals surface area (Å²) in [5, 5.41) is 6.32. The third kappa shape index (κ3) is 2.26. The highest BCUT2D eigenvalue weighted by molar-refractivity contribution is 5.97. The van der Waals surface area contributed by atoms with Crippen molar-refractivity contribution in [3.8, 4) is 16.9 Å². The lowest BCUT2D eigenvalue weighted by atomic mass is 9.99. The van der Waals surface area contributed by atoms with E-state index in [-0.39, 0.29) is 11.6 Å². The molecule has 0 saturated carbocycles. The molecule has 0 unspecified atom stereocenters. The van der Waals surface area contributed by atoms with Gasteiger partial charge in [-0.3, -0.25) is 4.79 Å². The van der Waals surface area contributed by atoms with Crippen molar-refractivity contribution in [3.63, 3.8) is 0 Å². The van der Waals surface area contributed by atoms with E-state index in [1.807, 2.05) is 56.3 Å². The molecule has 0 bridgehead atoms. The van der Waals surface area contributed by atoms with Crippen molar-refractivity contribution in [2.75, 3.05) is 7.11 Å². The number of hydrogen-bond donors (Lipinski definition) is 0. The zero-order valence-electron chi connectivity index (χ0n) is 12.9. The van der Waals surface area contributed by atoms with Crippen molar-refractivity contribution in [1.82, 2.24) is 9.78 Å². The van der Waals surface area contributed by atoms with Gasteiger partial charge >= 0.3 is 0 Å². The van der Waals surface area contributed by atoms with Gasteiger partial charge < -0.3 is 4.74 Å². The summed E-state index contributed by atoms with van der Waals surface area (Å²) >= 11 is 0. The molecule has 4 nitrogen and oxygen atoms in total. The first-order valence-electron chi connectivity index (χ1n) is 7.27. The Morgan fingerprint density at radius 2 is 1.82 bits per heavy atom. The summed E-state index contributed by atoms with van der Waals surface area (Å²) in [4.78, 5) is 12.9. The first kappa shape index (κ1) is 14.3. The van der Waals surface area contributed by atoms with Gasteiger partial charge in [0.2, 0.25) is 0 Å². The molecule has 0 aliphatic rings. The Labute approximate surface area is 129 Å². The molecule has 112 valence electrons. The fourth-order valence-electron chi connectivity index (χ4n) is 2.67. The van der Waals surface area contributed by atoms with E-state index in [1.165, 1.54) is 4.68 Å².